The van der Waals surface area contributed by atoms with Crippen molar-refractivity contribution < 1.29 is 18.6 Å². The van der Waals surface area contributed by atoms with Crippen molar-refractivity contribution in [2.45, 2.75) is 36.1 Å². The van der Waals surface area contributed by atoms with E-state index in [2.05, 4.69) is 0 Å². The second-order valence-electron chi connectivity index (χ2n) is 0. The molecule has 43 valence electrons. The van der Waals surface area contributed by atoms with Crippen molar-refractivity contribution in [1.29, 1.82) is 0 Å². The normalized spacial score (nSPS) is 1.00. The molecule has 0 heterocycles. The third kappa shape index (κ3) is 172. The molecule has 0 saturated heterocycles. The van der Waals surface area contributed by atoms with Crippen LogP contribution in [-0.4, -0.2) is 0 Å². The molecule has 0 unspecified atom stereocenters. The van der Waals surface area contributed by atoms with E-state index in [1.165, 1.54) is 0 Å². The Hall–Kier alpha value is 0.584. The van der Waals surface area contributed by atoms with Crippen LogP contribution in [0, 0.1) is 0 Å². The fourth-order valence-corrected chi connectivity index (χ4v) is 0. The van der Waals surface area contributed by atoms with Crippen molar-refractivity contribution in [3.05, 3.63) is 0 Å². The smallest absolute Gasteiger partial charge is 0 e. The molecule has 0 aliphatic rings. The molecular formula is C5H18V. The molecule has 0 aromatic rings. The monoisotopic (exact) mass is 129 g/mol. The van der Waals surface area contributed by atoms with Gasteiger partial charge in [0.05, 0.1) is 0 Å². The Balaban J connectivity index is -0.000000000833. The zero-order valence-corrected chi connectivity index (χ0v) is 3.84. The van der Waals surface area contributed by atoms with E-state index >= 15 is 0 Å². The minimum Gasteiger partial charge on any atom is -0.0776 e. The van der Waals surface area contributed by atoms with Gasteiger partial charge < -0.3 is 0 Å². The van der Waals surface area contributed by atoms with E-state index in [0.717, 1.165) is 0 Å². The third-order valence-corrected chi connectivity index (χ3v) is 0. The van der Waals surface area contributed by atoms with Crippen LogP contribution in [0.15, 0.2) is 0 Å². The molecule has 0 saturated carbocycles. The Kier molecular flexibility index (Phi) is 4680. The van der Waals surface area contributed by atoms with Gasteiger partial charge >= 0.3 is 0 Å². The van der Waals surface area contributed by atoms with Crippen LogP contribution >= 0.6 is 0 Å². The molecule has 1 radical (unpaired) electrons. The Morgan fingerprint density at radius 2 is 0.667 bits per heavy atom. The molecule has 1 heteroatoms. The average Bonchev–Trinajstić information content (AvgIpc) is 1.00. The maximum Gasteiger partial charge on any atom is 0 e. The average molecular weight is 129 g/mol. The van der Waals surface area contributed by atoms with Crippen LogP contribution in [0.25, 0.3) is 0 Å². The van der Waals surface area contributed by atoms with Crippen LogP contribution < -0.4 is 0 Å². The van der Waals surface area contributed by atoms with E-state index in [1.807, 2.05) is 13.8 Å². The van der Waals surface area contributed by atoms with E-state index < -0.39 is 0 Å². The summed E-state index contributed by atoms with van der Waals surface area (Å²) in [4.78, 5) is 0. The van der Waals surface area contributed by atoms with E-state index in [-0.39, 0.29) is 40.8 Å². The van der Waals surface area contributed by atoms with Gasteiger partial charge in [0.2, 0.25) is 0 Å². The molecule has 6 heavy (non-hydrogen) atoms. The number of rotatable bonds is 0. The second kappa shape index (κ2) is 344. The quantitative estimate of drug-likeness (QED) is 0.471. The first-order chi connectivity index (χ1) is 1.00. The summed E-state index contributed by atoms with van der Waals surface area (Å²) in [6.07, 6.45) is 0. The van der Waals surface area contributed by atoms with Crippen LogP contribution in [0.5, 0.6) is 0 Å². The van der Waals surface area contributed by atoms with Gasteiger partial charge in [-0.1, -0.05) is 36.1 Å². The van der Waals surface area contributed by atoms with Gasteiger partial charge in [-0.25, -0.2) is 0 Å². The van der Waals surface area contributed by atoms with Crippen LogP contribution in [0.2, 0.25) is 0 Å². The third-order valence-electron chi connectivity index (χ3n) is 0. The SMILES string of the molecule is C.C.C.CC.[V]. The van der Waals surface area contributed by atoms with E-state index in [0.29, 0.717) is 0 Å². The van der Waals surface area contributed by atoms with Gasteiger partial charge in [0, 0.05) is 18.6 Å². The summed E-state index contributed by atoms with van der Waals surface area (Å²) in [5.74, 6) is 0. The Morgan fingerprint density at radius 1 is 0.667 bits per heavy atom. The summed E-state index contributed by atoms with van der Waals surface area (Å²) in [6.45, 7) is 4.00. The molecule has 0 aromatic carbocycles. The first-order valence-corrected chi connectivity index (χ1v) is 1.00. The molecule has 0 amide bonds. The summed E-state index contributed by atoms with van der Waals surface area (Å²) < 4.78 is 0. The summed E-state index contributed by atoms with van der Waals surface area (Å²) in [5.41, 5.74) is 0. The minimum atomic E-state index is 0. The molecule has 0 fully saturated rings. The fourth-order valence-electron chi connectivity index (χ4n) is 0. The Labute approximate surface area is 55.2 Å². The fraction of sp³-hybridized carbons (Fsp3) is 1.00. The molecular weight excluding hydrogens is 111 g/mol. The molecule has 0 N–H and O–H groups in total. The van der Waals surface area contributed by atoms with E-state index in [1.54, 1.807) is 0 Å². The summed E-state index contributed by atoms with van der Waals surface area (Å²) in [5, 5.41) is 0. The molecule has 0 bridgehead atoms. The molecule has 0 aromatic heterocycles. The molecule has 0 aliphatic heterocycles. The molecule has 0 rings (SSSR count). The standard InChI is InChI=1S/C2H6.3CH4.V/c1-2;;;;/h1-2H3;3*1H4;. The molecule has 0 aliphatic carbocycles. The van der Waals surface area contributed by atoms with Gasteiger partial charge in [0.1, 0.15) is 0 Å². The first-order valence-electron chi connectivity index (χ1n) is 1.00. The topological polar surface area (TPSA) is 0 Å². The van der Waals surface area contributed by atoms with Crippen LogP contribution in [0.1, 0.15) is 36.1 Å². The maximum atomic E-state index is 2.00. The van der Waals surface area contributed by atoms with Gasteiger partial charge in [-0.2, -0.15) is 0 Å². The van der Waals surface area contributed by atoms with Crippen molar-refractivity contribution >= 4 is 0 Å². The molecule has 0 atom stereocenters. The van der Waals surface area contributed by atoms with Crippen LogP contribution in [0.3, 0.4) is 0 Å². The predicted molar refractivity (Wildman–Crippen MR) is 31.5 cm³/mol. The van der Waals surface area contributed by atoms with Gasteiger partial charge in [-0.3, -0.25) is 0 Å². The zero-order valence-electron chi connectivity index (χ0n) is 2.45. The van der Waals surface area contributed by atoms with Gasteiger partial charge in [0.25, 0.3) is 0 Å². The van der Waals surface area contributed by atoms with Crippen molar-refractivity contribution in [3.8, 4) is 0 Å². The van der Waals surface area contributed by atoms with Crippen molar-refractivity contribution in [1.82, 2.24) is 0 Å². The zero-order chi connectivity index (χ0) is 2.00. The second-order valence-corrected chi connectivity index (χ2v) is 0. The van der Waals surface area contributed by atoms with Crippen LogP contribution in [0.4, 0.5) is 0 Å². The van der Waals surface area contributed by atoms with Gasteiger partial charge in [-0.05, 0) is 0 Å². The minimum absolute atomic E-state index is 0. The van der Waals surface area contributed by atoms with Crippen LogP contribution in [-0.2, 0) is 18.6 Å². The van der Waals surface area contributed by atoms with Gasteiger partial charge in [-0.15, -0.1) is 0 Å². The first kappa shape index (κ1) is 81.8. The van der Waals surface area contributed by atoms with Crippen molar-refractivity contribution in [2.24, 2.45) is 0 Å². The summed E-state index contributed by atoms with van der Waals surface area (Å²) in [6, 6.07) is 0. The summed E-state index contributed by atoms with van der Waals surface area (Å²) >= 11 is 0. The predicted octanol–water partition coefficient (Wildman–Crippen LogP) is 2.93. The Morgan fingerprint density at radius 3 is 0.667 bits per heavy atom. The van der Waals surface area contributed by atoms with Gasteiger partial charge in [0.15, 0.2) is 0 Å². The number of hydrogen-bond donors (Lipinski definition) is 0. The maximum absolute atomic E-state index is 2.00. The number of hydrogen-bond acceptors (Lipinski definition) is 0. The van der Waals surface area contributed by atoms with Crippen molar-refractivity contribution in [2.75, 3.05) is 0 Å². The Bertz CT molecular complexity index is 3.90. The largest absolute Gasteiger partial charge is 0.0776 e. The summed E-state index contributed by atoms with van der Waals surface area (Å²) in [7, 11) is 0. The van der Waals surface area contributed by atoms with E-state index in [4.69, 9.17) is 0 Å². The van der Waals surface area contributed by atoms with Crippen molar-refractivity contribution in [3.63, 3.8) is 0 Å². The molecule has 0 spiro atoms. The van der Waals surface area contributed by atoms with E-state index in [9.17, 15) is 0 Å². The molecule has 0 nitrogen and oxygen atoms in total.